The summed E-state index contributed by atoms with van der Waals surface area (Å²) in [4.78, 5) is 11.6. The first kappa shape index (κ1) is 14.7. The lowest BCUT2D eigenvalue weighted by atomic mass is 10.2. The van der Waals surface area contributed by atoms with Crippen molar-refractivity contribution in [2.75, 3.05) is 12.4 Å². The van der Waals surface area contributed by atoms with E-state index in [1.54, 1.807) is 18.2 Å². The van der Waals surface area contributed by atoms with E-state index in [-0.39, 0.29) is 0 Å². The molecule has 0 heterocycles. The van der Waals surface area contributed by atoms with Gasteiger partial charge in [-0.15, -0.1) is 0 Å². The number of carbonyl (C=O) groups excluding carboxylic acids is 1. The van der Waals surface area contributed by atoms with E-state index in [2.05, 4.69) is 10.1 Å². The second kappa shape index (κ2) is 6.64. The van der Waals surface area contributed by atoms with Crippen molar-refractivity contribution in [1.82, 2.24) is 0 Å². The van der Waals surface area contributed by atoms with Gasteiger partial charge in [-0.05, 0) is 35.9 Å². The highest BCUT2D eigenvalue weighted by molar-refractivity contribution is 6.33. The number of benzene rings is 2. The van der Waals surface area contributed by atoms with E-state index in [1.807, 2.05) is 24.3 Å². The van der Waals surface area contributed by atoms with Gasteiger partial charge in [0.2, 0.25) is 0 Å². The average Bonchev–Trinajstić information content (AvgIpc) is 2.45. The zero-order valence-electron chi connectivity index (χ0n) is 10.8. The van der Waals surface area contributed by atoms with Crippen LogP contribution < -0.4 is 5.32 Å². The number of rotatable bonds is 4. The predicted molar refractivity (Wildman–Crippen MR) is 81.6 cm³/mol. The van der Waals surface area contributed by atoms with Crippen LogP contribution in [0.4, 0.5) is 5.69 Å². The molecule has 0 aliphatic rings. The summed E-state index contributed by atoms with van der Waals surface area (Å²) in [5, 5.41) is 4.27. The highest BCUT2D eigenvalue weighted by atomic mass is 35.5. The number of nitrogens with one attached hydrogen (secondary N) is 1. The van der Waals surface area contributed by atoms with E-state index >= 15 is 0 Å². The Labute approximate surface area is 127 Å². The van der Waals surface area contributed by atoms with Crippen molar-refractivity contribution in [3.8, 4) is 0 Å². The standard InChI is InChI=1S/C15H13Cl2NO2/c1-20-15(19)13-8-12(5-6-14(13)17)18-9-10-3-2-4-11(16)7-10/h2-8,18H,9H2,1H3. The molecule has 104 valence electrons. The lowest BCUT2D eigenvalue weighted by Gasteiger charge is -2.09. The molecule has 5 heteroatoms. The van der Waals surface area contributed by atoms with Gasteiger partial charge >= 0.3 is 5.97 Å². The molecule has 3 nitrogen and oxygen atoms in total. The third-order valence-electron chi connectivity index (χ3n) is 2.76. The quantitative estimate of drug-likeness (QED) is 0.851. The Morgan fingerprint density at radius 3 is 2.70 bits per heavy atom. The molecule has 0 fully saturated rings. The third kappa shape index (κ3) is 3.65. The summed E-state index contributed by atoms with van der Waals surface area (Å²) >= 11 is 11.9. The van der Waals surface area contributed by atoms with Crippen LogP contribution in [-0.2, 0) is 11.3 Å². The molecule has 0 bridgehead atoms. The summed E-state index contributed by atoms with van der Waals surface area (Å²) in [5.41, 5.74) is 2.17. The maximum Gasteiger partial charge on any atom is 0.339 e. The zero-order chi connectivity index (χ0) is 14.5. The summed E-state index contributed by atoms with van der Waals surface area (Å²) in [6.45, 7) is 0.600. The van der Waals surface area contributed by atoms with Crippen LogP contribution in [0, 0.1) is 0 Å². The Kier molecular flexibility index (Phi) is 4.88. The van der Waals surface area contributed by atoms with E-state index in [9.17, 15) is 4.79 Å². The van der Waals surface area contributed by atoms with Crippen molar-refractivity contribution in [1.29, 1.82) is 0 Å². The molecular weight excluding hydrogens is 297 g/mol. The number of carbonyl (C=O) groups is 1. The van der Waals surface area contributed by atoms with Crippen molar-refractivity contribution in [2.45, 2.75) is 6.54 Å². The molecule has 0 spiro atoms. The summed E-state index contributed by atoms with van der Waals surface area (Å²) in [6.07, 6.45) is 0. The Hall–Kier alpha value is -1.71. The monoisotopic (exact) mass is 309 g/mol. The van der Waals surface area contributed by atoms with E-state index in [1.165, 1.54) is 7.11 Å². The number of methoxy groups -OCH3 is 1. The Morgan fingerprint density at radius 1 is 1.20 bits per heavy atom. The van der Waals surface area contributed by atoms with Gasteiger partial charge in [-0.3, -0.25) is 0 Å². The van der Waals surface area contributed by atoms with Gasteiger partial charge in [-0.25, -0.2) is 4.79 Å². The average molecular weight is 310 g/mol. The summed E-state index contributed by atoms with van der Waals surface area (Å²) < 4.78 is 4.68. The number of ether oxygens (including phenoxy) is 1. The van der Waals surface area contributed by atoms with Crippen molar-refractivity contribution in [2.24, 2.45) is 0 Å². The first-order chi connectivity index (χ1) is 9.60. The van der Waals surface area contributed by atoms with E-state index < -0.39 is 5.97 Å². The molecule has 2 aromatic rings. The number of hydrogen-bond donors (Lipinski definition) is 1. The minimum absolute atomic E-state index is 0.338. The SMILES string of the molecule is COC(=O)c1cc(NCc2cccc(Cl)c2)ccc1Cl. The molecule has 0 unspecified atom stereocenters. The fourth-order valence-electron chi connectivity index (χ4n) is 1.75. The molecule has 2 rings (SSSR count). The molecule has 0 radical (unpaired) electrons. The molecule has 0 atom stereocenters. The molecule has 0 saturated carbocycles. The second-order valence-corrected chi connectivity index (χ2v) is 5.01. The van der Waals surface area contributed by atoms with Gasteiger partial charge in [0.15, 0.2) is 0 Å². The molecule has 20 heavy (non-hydrogen) atoms. The number of halogens is 2. The zero-order valence-corrected chi connectivity index (χ0v) is 12.3. The third-order valence-corrected chi connectivity index (χ3v) is 3.32. The van der Waals surface area contributed by atoms with E-state index in [0.717, 1.165) is 11.3 Å². The molecule has 2 aromatic carbocycles. The van der Waals surface area contributed by atoms with Gasteiger partial charge in [0.1, 0.15) is 0 Å². The fourth-order valence-corrected chi connectivity index (χ4v) is 2.16. The van der Waals surface area contributed by atoms with Crippen LogP contribution in [0.25, 0.3) is 0 Å². The maximum absolute atomic E-state index is 11.6. The number of anilines is 1. The van der Waals surface area contributed by atoms with Gasteiger partial charge in [0.25, 0.3) is 0 Å². The normalized spacial score (nSPS) is 10.2. The minimum atomic E-state index is -0.457. The van der Waals surface area contributed by atoms with Crippen molar-refractivity contribution >= 4 is 34.9 Å². The van der Waals surface area contributed by atoms with Crippen molar-refractivity contribution in [3.63, 3.8) is 0 Å². The summed E-state index contributed by atoms with van der Waals surface area (Å²) in [5.74, 6) is -0.457. The molecule has 0 aliphatic carbocycles. The van der Waals surface area contributed by atoms with Gasteiger partial charge in [0.05, 0.1) is 17.7 Å². The predicted octanol–water partition coefficient (Wildman–Crippen LogP) is 4.39. The van der Waals surface area contributed by atoms with E-state index in [4.69, 9.17) is 23.2 Å². The van der Waals surface area contributed by atoms with Crippen LogP contribution in [-0.4, -0.2) is 13.1 Å². The van der Waals surface area contributed by atoms with Gasteiger partial charge in [-0.1, -0.05) is 35.3 Å². The largest absolute Gasteiger partial charge is 0.465 e. The van der Waals surface area contributed by atoms with Crippen LogP contribution in [0.3, 0.4) is 0 Å². The minimum Gasteiger partial charge on any atom is -0.465 e. The van der Waals surface area contributed by atoms with Crippen LogP contribution in [0.15, 0.2) is 42.5 Å². The maximum atomic E-state index is 11.6. The summed E-state index contributed by atoms with van der Waals surface area (Å²) in [7, 11) is 1.32. The lowest BCUT2D eigenvalue weighted by Crippen LogP contribution is -2.05. The van der Waals surface area contributed by atoms with Crippen molar-refractivity contribution in [3.05, 3.63) is 63.6 Å². The van der Waals surface area contributed by atoms with Gasteiger partial charge in [0, 0.05) is 17.3 Å². The highest BCUT2D eigenvalue weighted by Gasteiger charge is 2.11. The van der Waals surface area contributed by atoms with Crippen LogP contribution in [0.5, 0.6) is 0 Å². The second-order valence-electron chi connectivity index (χ2n) is 4.17. The molecule has 0 amide bonds. The Balaban J connectivity index is 2.12. The van der Waals surface area contributed by atoms with Crippen molar-refractivity contribution < 1.29 is 9.53 Å². The first-order valence-corrected chi connectivity index (χ1v) is 6.72. The summed E-state index contributed by atoms with van der Waals surface area (Å²) in [6, 6.07) is 12.7. The van der Waals surface area contributed by atoms with E-state index in [0.29, 0.717) is 22.2 Å². The van der Waals surface area contributed by atoms with Crippen LogP contribution >= 0.6 is 23.2 Å². The molecular formula is C15H13Cl2NO2. The van der Waals surface area contributed by atoms with Gasteiger partial charge in [-0.2, -0.15) is 0 Å². The highest BCUT2D eigenvalue weighted by Crippen LogP contribution is 2.22. The number of esters is 1. The number of hydrogen-bond acceptors (Lipinski definition) is 3. The topological polar surface area (TPSA) is 38.3 Å². The molecule has 1 N–H and O–H groups in total. The fraction of sp³-hybridized carbons (Fsp3) is 0.133. The molecule has 0 saturated heterocycles. The molecule has 0 aliphatic heterocycles. The van der Waals surface area contributed by atoms with Gasteiger partial charge < -0.3 is 10.1 Å². The smallest absolute Gasteiger partial charge is 0.339 e. The lowest BCUT2D eigenvalue weighted by molar-refractivity contribution is 0.0601. The molecule has 0 aromatic heterocycles. The first-order valence-electron chi connectivity index (χ1n) is 5.96. The van der Waals surface area contributed by atoms with Crippen LogP contribution in [0.2, 0.25) is 10.0 Å². The Morgan fingerprint density at radius 2 is 2.00 bits per heavy atom. The van der Waals surface area contributed by atoms with Crippen LogP contribution in [0.1, 0.15) is 15.9 Å². The Bertz CT molecular complexity index is 629.